The van der Waals surface area contributed by atoms with E-state index in [1.807, 2.05) is 18.2 Å². The lowest BCUT2D eigenvalue weighted by molar-refractivity contribution is -0.122. The number of amides is 1. The number of rotatable bonds is 4. The van der Waals surface area contributed by atoms with E-state index in [2.05, 4.69) is 11.4 Å². The Morgan fingerprint density at radius 1 is 1.36 bits per heavy atom. The average Bonchev–Trinajstić information content (AvgIpc) is 3.08. The van der Waals surface area contributed by atoms with Crippen molar-refractivity contribution in [1.29, 1.82) is 0 Å². The molecule has 1 atom stereocenters. The van der Waals surface area contributed by atoms with Gasteiger partial charge in [0.25, 0.3) is 0 Å². The van der Waals surface area contributed by atoms with Crippen molar-refractivity contribution in [3.63, 3.8) is 0 Å². The summed E-state index contributed by atoms with van der Waals surface area (Å²) in [6.45, 7) is 1.80. The number of aromatic carboxylic acids is 1. The van der Waals surface area contributed by atoms with Crippen LogP contribution in [0.4, 0.5) is 0 Å². The zero-order chi connectivity index (χ0) is 15.7. The Morgan fingerprint density at radius 2 is 2.14 bits per heavy atom. The number of benzene rings is 1. The normalized spacial score (nSPS) is 16.3. The van der Waals surface area contributed by atoms with Crippen LogP contribution in [0.3, 0.4) is 0 Å². The fourth-order valence-electron chi connectivity index (χ4n) is 2.97. The maximum Gasteiger partial charge on any atom is 0.339 e. The molecule has 5 heteroatoms. The number of furan rings is 1. The molecule has 2 N–H and O–H groups in total. The molecule has 1 aliphatic rings. The molecule has 114 valence electrons. The van der Waals surface area contributed by atoms with E-state index in [1.54, 1.807) is 6.92 Å². The molecule has 3 rings (SSSR count). The Kier molecular flexibility index (Phi) is 3.71. The highest BCUT2D eigenvalue weighted by Crippen LogP contribution is 2.32. The Balaban J connectivity index is 1.66. The molecule has 1 aromatic heterocycles. The fraction of sp³-hybridized carbons (Fsp3) is 0.294. The summed E-state index contributed by atoms with van der Waals surface area (Å²) in [5.74, 6) is -0.400. The largest absolute Gasteiger partial charge is 0.478 e. The van der Waals surface area contributed by atoms with Crippen molar-refractivity contribution in [3.8, 4) is 0 Å². The molecule has 1 aromatic carbocycles. The van der Waals surface area contributed by atoms with Crippen LogP contribution in [-0.4, -0.2) is 17.0 Å². The zero-order valence-electron chi connectivity index (χ0n) is 12.3. The van der Waals surface area contributed by atoms with E-state index in [1.165, 1.54) is 11.6 Å². The van der Waals surface area contributed by atoms with Crippen LogP contribution in [0.15, 0.2) is 34.7 Å². The van der Waals surface area contributed by atoms with Crippen molar-refractivity contribution >= 4 is 11.9 Å². The molecule has 1 aliphatic carbocycles. The Hall–Kier alpha value is -2.56. The molecule has 0 aliphatic heterocycles. The number of hydrogen-bond donors (Lipinski definition) is 2. The van der Waals surface area contributed by atoms with Crippen LogP contribution in [0, 0.1) is 6.92 Å². The minimum absolute atomic E-state index is 0.0455. The lowest BCUT2D eigenvalue weighted by Crippen LogP contribution is -2.27. The predicted molar refractivity (Wildman–Crippen MR) is 79.8 cm³/mol. The zero-order valence-corrected chi connectivity index (χ0v) is 12.3. The van der Waals surface area contributed by atoms with Gasteiger partial charge in [-0.2, -0.15) is 0 Å². The first-order chi connectivity index (χ1) is 10.6. The standard InChI is InChI=1S/C17H17NO4/c1-10-15(17(20)21)8-12(22-10)9-18-16(19)14-7-6-11-4-2-3-5-13(11)14/h2-5,8,14H,6-7,9H2,1H3,(H,18,19)(H,20,21). The van der Waals surface area contributed by atoms with Gasteiger partial charge in [0.2, 0.25) is 5.91 Å². The number of carbonyl (C=O) groups excluding carboxylic acids is 1. The number of aryl methyl sites for hydroxylation is 2. The number of nitrogens with one attached hydrogen (secondary N) is 1. The molecule has 0 fully saturated rings. The van der Waals surface area contributed by atoms with Gasteiger partial charge in [-0.1, -0.05) is 24.3 Å². The van der Waals surface area contributed by atoms with Gasteiger partial charge in [-0.3, -0.25) is 4.79 Å². The molecule has 0 bridgehead atoms. The first-order valence-electron chi connectivity index (χ1n) is 7.24. The van der Waals surface area contributed by atoms with Crippen LogP contribution in [0.5, 0.6) is 0 Å². The SMILES string of the molecule is Cc1oc(CNC(=O)C2CCc3ccccc32)cc1C(=O)O. The fourth-order valence-corrected chi connectivity index (χ4v) is 2.97. The van der Waals surface area contributed by atoms with E-state index in [4.69, 9.17) is 9.52 Å². The van der Waals surface area contributed by atoms with Gasteiger partial charge in [-0.15, -0.1) is 0 Å². The summed E-state index contributed by atoms with van der Waals surface area (Å²) in [4.78, 5) is 23.3. The summed E-state index contributed by atoms with van der Waals surface area (Å²) >= 11 is 0. The minimum Gasteiger partial charge on any atom is -0.478 e. The Labute approximate surface area is 127 Å². The van der Waals surface area contributed by atoms with Crippen LogP contribution < -0.4 is 5.32 Å². The highest BCUT2D eigenvalue weighted by atomic mass is 16.4. The summed E-state index contributed by atoms with van der Waals surface area (Å²) < 4.78 is 5.36. The monoisotopic (exact) mass is 299 g/mol. The highest BCUT2D eigenvalue weighted by molar-refractivity contribution is 5.89. The second kappa shape index (κ2) is 5.67. The predicted octanol–water partition coefficient (Wildman–Crippen LogP) is 2.63. The quantitative estimate of drug-likeness (QED) is 0.909. The third kappa shape index (κ3) is 2.62. The molecule has 0 saturated heterocycles. The molecular formula is C17H17NO4. The van der Waals surface area contributed by atoms with Gasteiger partial charge in [0.05, 0.1) is 12.5 Å². The molecule has 0 radical (unpaired) electrons. The molecule has 2 aromatic rings. The molecule has 1 amide bonds. The van der Waals surface area contributed by atoms with Crippen LogP contribution in [-0.2, 0) is 17.8 Å². The van der Waals surface area contributed by atoms with Crippen molar-refractivity contribution in [2.24, 2.45) is 0 Å². The minimum atomic E-state index is -1.02. The molecular weight excluding hydrogens is 282 g/mol. The van der Waals surface area contributed by atoms with E-state index < -0.39 is 5.97 Å². The summed E-state index contributed by atoms with van der Waals surface area (Å²) in [6.07, 6.45) is 1.72. The van der Waals surface area contributed by atoms with Gasteiger partial charge in [0, 0.05) is 0 Å². The van der Waals surface area contributed by atoms with Gasteiger partial charge in [0.15, 0.2) is 0 Å². The van der Waals surface area contributed by atoms with Crippen molar-refractivity contribution in [3.05, 3.63) is 58.5 Å². The molecule has 22 heavy (non-hydrogen) atoms. The summed E-state index contributed by atoms with van der Waals surface area (Å²) in [5.41, 5.74) is 2.45. The van der Waals surface area contributed by atoms with Crippen LogP contribution in [0.25, 0.3) is 0 Å². The Bertz CT molecular complexity index is 732. The first-order valence-corrected chi connectivity index (χ1v) is 7.24. The second-order valence-electron chi connectivity index (χ2n) is 5.50. The van der Waals surface area contributed by atoms with Gasteiger partial charge in [0.1, 0.15) is 17.1 Å². The molecule has 1 heterocycles. The molecule has 0 saturated carbocycles. The van der Waals surface area contributed by atoms with Crippen LogP contribution in [0.1, 0.15) is 45.3 Å². The number of carboxylic acid groups (broad SMARTS) is 1. The third-order valence-corrected chi connectivity index (χ3v) is 4.09. The lowest BCUT2D eigenvalue weighted by Gasteiger charge is -2.11. The highest BCUT2D eigenvalue weighted by Gasteiger charge is 2.28. The number of hydrogen-bond acceptors (Lipinski definition) is 3. The Morgan fingerprint density at radius 3 is 2.86 bits per heavy atom. The number of carbonyl (C=O) groups is 2. The van der Waals surface area contributed by atoms with E-state index in [0.717, 1.165) is 18.4 Å². The average molecular weight is 299 g/mol. The van der Waals surface area contributed by atoms with Gasteiger partial charge in [-0.05, 0) is 37.0 Å². The second-order valence-corrected chi connectivity index (χ2v) is 5.50. The number of carboxylic acids is 1. The third-order valence-electron chi connectivity index (χ3n) is 4.09. The topological polar surface area (TPSA) is 79.5 Å². The lowest BCUT2D eigenvalue weighted by atomic mass is 10.0. The van der Waals surface area contributed by atoms with Crippen molar-refractivity contribution in [2.45, 2.75) is 32.2 Å². The van der Waals surface area contributed by atoms with Gasteiger partial charge >= 0.3 is 5.97 Å². The first kappa shape index (κ1) is 14.4. The van der Waals surface area contributed by atoms with Crippen molar-refractivity contribution in [2.75, 3.05) is 0 Å². The van der Waals surface area contributed by atoms with E-state index in [9.17, 15) is 9.59 Å². The molecule has 0 spiro atoms. The smallest absolute Gasteiger partial charge is 0.339 e. The maximum atomic E-state index is 12.3. The van der Waals surface area contributed by atoms with E-state index in [-0.39, 0.29) is 23.9 Å². The summed E-state index contributed by atoms with van der Waals surface area (Å²) in [7, 11) is 0. The van der Waals surface area contributed by atoms with Crippen LogP contribution in [0.2, 0.25) is 0 Å². The van der Waals surface area contributed by atoms with E-state index in [0.29, 0.717) is 11.5 Å². The van der Waals surface area contributed by atoms with Crippen molar-refractivity contribution in [1.82, 2.24) is 5.32 Å². The maximum absolute atomic E-state index is 12.3. The van der Waals surface area contributed by atoms with E-state index >= 15 is 0 Å². The van der Waals surface area contributed by atoms with Gasteiger partial charge < -0.3 is 14.8 Å². The summed E-state index contributed by atoms with van der Waals surface area (Å²) in [6, 6.07) is 9.43. The summed E-state index contributed by atoms with van der Waals surface area (Å²) in [5, 5.41) is 11.8. The van der Waals surface area contributed by atoms with Crippen molar-refractivity contribution < 1.29 is 19.1 Å². The molecule has 5 nitrogen and oxygen atoms in total. The number of fused-ring (bicyclic) bond motifs is 1. The molecule has 1 unspecified atom stereocenters. The van der Waals surface area contributed by atoms with Crippen LogP contribution >= 0.6 is 0 Å². The van der Waals surface area contributed by atoms with Gasteiger partial charge in [-0.25, -0.2) is 4.79 Å².